The highest BCUT2D eigenvalue weighted by atomic mass is 16.5. The molecule has 4 nitrogen and oxygen atoms in total. The third kappa shape index (κ3) is 3.70. The van der Waals surface area contributed by atoms with Gasteiger partial charge in [-0.05, 0) is 26.0 Å². The van der Waals surface area contributed by atoms with Crippen LogP contribution in [0.2, 0.25) is 0 Å². The average Bonchev–Trinajstić information content (AvgIpc) is 2.81. The van der Waals surface area contributed by atoms with Gasteiger partial charge in [-0.1, -0.05) is 12.1 Å². The number of carbonyl (C=O) groups excluding carboxylic acids is 1. The van der Waals surface area contributed by atoms with Crippen molar-refractivity contribution in [1.82, 2.24) is 9.55 Å². The molecule has 2 rings (SSSR count). The second kappa shape index (κ2) is 6.37. The Hall–Kier alpha value is -2.10. The molecule has 1 heterocycles. The zero-order valence-corrected chi connectivity index (χ0v) is 12.2. The first-order valence-electron chi connectivity index (χ1n) is 6.82. The number of imidazole rings is 1. The number of carbonyl (C=O) groups is 1. The van der Waals surface area contributed by atoms with E-state index in [1.807, 2.05) is 49.9 Å². The molecule has 0 atom stereocenters. The van der Waals surface area contributed by atoms with Gasteiger partial charge in [0.15, 0.2) is 5.78 Å². The normalized spacial score (nSPS) is 10.8. The number of ketones is 1. The second-order valence-corrected chi connectivity index (χ2v) is 5.07. The van der Waals surface area contributed by atoms with Crippen molar-refractivity contribution in [3.63, 3.8) is 0 Å². The largest absolute Gasteiger partial charge is 0.491 e. The standard InChI is InChI=1S/C16H20N2O2/c1-12(2)20-14-6-4-5-13(11-14)15(19)7-8-16-17-9-10-18(16)3/h4-6,9-12H,7-8H2,1-3H3. The molecule has 0 aliphatic heterocycles. The number of hydrogen-bond acceptors (Lipinski definition) is 3. The first kappa shape index (κ1) is 14.3. The number of ether oxygens (including phenoxy) is 1. The highest BCUT2D eigenvalue weighted by molar-refractivity contribution is 5.96. The van der Waals surface area contributed by atoms with Crippen LogP contribution in [0, 0.1) is 0 Å². The van der Waals surface area contributed by atoms with Crippen LogP contribution in [0.4, 0.5) is 0 Å². The fraction of sp³-hybridized carbons (Fsp3) is 0.375. The number of rotatable bonds is 6. The first-order chi connectivity index (χ1) is 9.56. The van der Waals surface area contributed by atoms with Crippen molar-refractivity contribution in [3.05, 3.63) is 48.0 Å². The van der Waals surface area contributed by atoms with Gasteiger partial charge in [-0.25, -0.2) is 4.98 Å². The number of nitrogens with zero attached hydrogens (tertiary/aromatic N) is 2. The highest BCUT2D eigenvalue weighted by Crippen LogP contribution is 2.16. The summed E-state index contributed by atoms with van der Waals surface area (Å²) in [6.45, 7) is 3.94. The van der Waals surface area contributed by atoms with Crippen molar-refractivity contribution in [2.24, 2.45) is 7.05 Å². The van der Waals surface area contributed by atoms with Gasteiger partial charge in [0.1, 0.15) is 11.6 Å². The van der Waals surface area contributed by atoms with Crippen molar-refractivity contribution in [2.75, 3.05) is 0 Å². The molecule has 0 saturated heterocycles. The van der Waals surface area contributed by atoms with Crippen LogP contribution >= 0.6 is 0 Å². The summed E-state index contributed by atoms with van der Waals surface area (Å²) in [6, 6.07) is 7.36. The molecular formula is C16H20N2O2. The van der Waals surface area contributed by atoms with Crippen molar-refractivity contribution in [3.8, 4) is 5.75 Å². The van der Waals surface area contributed by atoms with E-state index in [9.17, 15) is 4.79 Å². The minimum Gasteiger partial charge on any atom is -0.491 e. The summed E-state index contributed by atoms with van der Waals surface area (Å²) in [5, 5.41) is 0. The quantitative estimate of drug-likeness (QED) is 0.759. The fourth-order valence-electron chi connectivity index (χ4n) is 2.02. The molecule has 0 fully saturated rings. The van der Waals surface area contributed by atoms with Crippen LogP contribution in [-0.2, 0) is 13.5 Å². The predicted octanol–water partition coefficient (Wildman–Crippen LogP) is 3.02. The van der Waals surface area contributed by atoms with Gasteiger partial charge in [-0.2, -0.15) is 0 Å². The predicted molar refractivity (Wildman–Crippen MR) is 78.1 cm³/mol. The van der Waals surface area contributed by atoms with Gasteiger partial charge in [0.05, 0.1) is 6.10 Å². The molecule has 0 spiro atoms. The zero-order valence-electron chi connectivity index (χ0n) is 12.2. The molecule has 0 bridgehead atoms. The summed E-state index contributed by atoms with van der Waals surface area (Å²) < 4.78 is 7.54. The van der Waals surface area contributed by atoms with E-state index in [0.29, 0.717) is 18.4 Å². The van der Waals surface area contributed by atoms with Crippen LogP contribution in [0.15, 0.2) is 36.7 Å². The monoisotopic (exact) mass is 272 g/mol. The number of Topliss-reactive ketones (excluding diaryl/α,β-unsaturated/α-hetero) is 1. The number of benzene rings is 1. The summed E-state index contributed by atoms with van der Waals surface area (Å²) in [7, 11) is 1.93. The van der Waals surface area contributed by atoms with Crippen LogP contribution in [-0.4, -0.2) is 21.4 Å². The van der Waals surface area contributed by atoms with Crippen molar-refractivity contribution < 1.29 is 9.53 Å². The Kier molecular flexibility index (Phi) is 4.56. The van der Waals surface area contributed by atoms with Crippen LogP contribution in [0.3, 0.4) is 0 Å². The molecule has 0 amide bonds. The van der Waals surface area contributed by atoms with Crippen LogP contribution in [0.1, 0.15) is 36.5 Å². The molecule has 0 aliphatic rings. The second-order valence-electron chi connectivity index (χ2n) is 5.07. The lowest BCUT2D eigenvalue weighted by molar-refractivity contribution is 0.0981. The Morgan fingerprint density at radius 2 is 2.20 bits per heavy atom. The fourth-order valence-corrected chi connectivity index (χ4v) is 2.02. The maximum Gasteiger partial charge on any atom is 0.163 e. The smallest absolute Gasteiger partial charge is 0.163 e. The molecule has 106 valence electrons. The Bertz CT molecular complexity index is 588. The summed E-state index contributed by atoms with van der Waals surface area (Å²) >= 11 is 0. The lowest BCUT2D eigenvalue weighted by Gasteiger charge is -2.10. The van der Waals surface area contributed by atoms with E-state index >= 15 is 0 Å². The van der Waals surface area contributed by atoms with E-state index in [0.717, 1.165) is 11.6 Å². The molecule has 1 aromatic carbocycles. The summed E-state index contributed by atoms with van der Waals surface area (Å²) in [6.07, 6.45) is 4.84. The van der Waals surface area contributed by atoms with Gasteiger partial charge in [0.25, 0.3) is 0 Å². The van der Waals surface area contributed by atoms with Crippen LogP contribution in [0.25, 0.3) is 0 Å². The van der Waals surface area contributed by atoms with E-state index in [2.05, 4.69) is 4.98 Å². The van der Waals surface area contributed by atoms with Gasteiger partial charge < -0.3 is 9.30 Å². The third-order valence-corrected chi connectivity index (χ3v) is 3.02. The van der Waals surface area contributed by atoms with E-state index in [1.54, 1.807) is 12.3 Å². The van der Waals surface area contributed by atoms with Crippen molar-refractivity contribution in [1.29, 1.82) is 0 Å². The van der Waals surface area contributed by atoms with Gasteiger partial charge in [-0.15, -0.1) is 0 Å². The summed E-state index contributed by atoms with van der Waals surface area (Å²) in [5.74, 6) is 1.78. The summed E-state index contributed by atoms with van der Waals surface area (Å²) in [4.78, 5) is 16.4. The molecule has 4 heteroatoms. The molecule has 1 aromatic heterocycles. The molecule has 0 N–H and O–H groups in total. The maximum atomic E-state index is 12.2. The van der Waals surface area contributed by atoms with E-state index in [-0.39, 0.29) is 11.9 Å². The first-order valence-corrected chi connectivity index (χ1v) is 6.82. The molecule has 0 saturated carbocycles. The van der Waals surface area contributed by atoms with Crippen LogP contribution < -0.4 is 4.74 Å². The van der Waals surface area contributed by atoms with Crippen molar-refractivity contribution >= 4 is 5.78 Å². The van der Waals surface area contributed by atoms with Gasteiger partial charge in [0, 0.05) is 37.8 Å². The molecule has 0 radical (unpaired) electrons. The van der Waals surface area contributed by atoms with Crippen LogP contribution in [0.5, 0.6) is 5.75 Å². The average molecular weight is 272 g/mol. The Morgan fingerprint density at radius 1 is 1.40 bits per heavy atom. The van der Waals surface area contributed by atoms with Crippen molar-refractivity contribution in [2.45, 2.75) is 32.8 Å². The summed E-state index contributed by atoms with van der Waals surface area (Å²) in [5.41, 5.74) is 0.692. The SMILES string of the molecule is CC(C)Oc1cccc(C(=O)CCc2nccn2C)c1. The number of aryl methyl sites for hydroxylation is 2. The van der Waals surface area contributed by atoms with Gasteiger partial charge >= 0.3 is 0 Å². The lowest BCUT2D eigenvalue weighted by Crippen LogP contribution is -2.07. The van der Waals surface area contributed by atoms with E-state index in [1.165, 1.54) is 0 Å². The number of hydrogen-bond donors (Lipinski definition) is 0. The zero-order chi connectivity index (χ0) is 14.5. The topological polar surface area (TPSA) is 44.1 Å². The molecule has 2 aromatic rings. The Morgan fingerprint density at radius 3 is 2.85 bits per heavy atom. The highest BCUT2D eigenvalue weighted by Gasteiger charge is 2.09. The third-order valence-electron chi connectivity index (χ3n) is 3.02. The van der Waals surface area contributed by atoms with E-state index < -0.39 is 0 Å². The molecular weight excluding hydrogens is 252 g/mol. The Balaban J connectivity index is 2.00. The van der Waals surface area contributed by atoms with Gasteiger partial charge in [0.2, 0.25) is 0 Å². The molecule has 20 heavy (non-hydrogen) atoms. The maximum absolute atomic E-state index is 12.2. The Labute approximate surface area is 119 Å². The minimum absolute atomic E-state index is 0.105. The van der Waals surface area contributed by atoms with Gasteiger partial charge in [-0.3, -0.25) is 4.79 Å². The lowest BCUT2D eigenvalue weighted by atomic mass is 10.1. The number of aromatic nitrogens is 2. The molecule has 0 aliphatic carbocycles. The molecule has 0 unspecified atom stereocenters. The minimum atomic E-state index is 0.105. The van der Waals surface area contributed by atoms with E-state index in [4.69, 9.17) is 4.74 Å².